The van der Waals surface area contributed by atoms with Crippen molar-refractivity contribution in [1.29, 1.82) is 0 Å². The van der Waals surface area contributed by atoms with Gasteiger partial charge in [0.05, 0.1) is 0 Å². The third kappa shape index (κ3) is 6.42. The first kappa shape index (κ1) is 15.7. The average Bonchev–Trinajstić information content (AvgIpc) is 2.64. The summed E-state index contributed by atoms with van der Waals surface area (Å²) in [5.41, 5.74) is 0. The van der Waals surface area contributed by atoms with Crippen molar-refractivity contribution in [3.05, 3.63) is 37.0 Å². The zero-order valence-corrected chi connectivity index (χ0v) is 12.2. The van der Waals surface area contributed by atoms with Gasteiger partial charge in [0, 0.05) is 19.5 Å². The van der Waals surface area contributed by atoms with Gasteiger partial charge in [-0.25, -0.2) is 0 Å². The quantitative estimate of drug-likeness (QED) is 0.659. The predicted octanol–water partition coefficient (Wildman–Crippen LogP) is 4.10. The van der Waals surface area contributed by atoms with Gasteiger partial charge in [-0.15, -0.1) is 0 Å². The van der Waals surface area contributed by atoms with Crippen LogP contribution >= 0.6 is 0 Å². The molecule has 0 aromatic heterocycles. The van der Waals surface area contributed by atoms with Crippen molar-refractivity contribution >= 4 is 5.91 Å². The van der Waals surface area contributed by atoms with Gasteiger partial charge in [-0.05, 0) is 25.2 Å². The first-order chi connectivity index (χ1) is 9.27. The first-order valence-electron chi connectivity index (χ1n) is 7.50. The minimum atomic E-state index is 0.264. The van der Waals surface area contributed by atoms with Gasteiger partial charge in [0.1, 0.15) is 0 Å². The second-order valence-electron chi connectivity index (χ2n) is 5.22. The molecular weight excluding hydrogens is 234 g/mol. The highest BCUT2D eigenvalue weighted by Gasteiger charge is 2.19. The Bertz CT molecular complexity index is 330. The molecule has 1 amide bonds. The van der Waals surface area contributed by atoms with Crippen LogP contribution in [-0.4, -0.2) is 23.9 Å². The topological polar surface area (TPSA) is 20.3 Å². The van der Waals surface area contributed by atoms with Crippen molar-refractivity contribution in [2.75, 3.05) is 13.1 Å². The maximum Gasteiger partial charge on any atom is 0.226 e. The number of nitrogens with zero attached hydrogens (tertiary/aromatic N) is 1. The molecule has 2 nitrogen and oxygen atoms in total. The van der Waals surface area contributed by atoms with Crippen molar-refractivity contribution in [2.24, 2.45) is 5.92 Å². The van der Waals surface area contributed by atoms with E-state index in [0.29, 0.717) is 6.42 Å². The van der Waals surface area contributed by atoms with Crippen molar-refractivity contribution in [3.63, 3.8) is 0 Å². The summed E-state index contributed by atoms with van der Waals surface area (Å²) in [6.07, 6.45) is 16.1. The van der Waals surface area contributed by atoms with E-state index in [1.807, 2.05) is 29.2 Å². The second-order valence-corrected chi connectivity index (χ2v) is 5.22. The molecule has 0 bridgehead atoms. The van der Waals surface area contributed by atoms with Crippen molar-refractivity contribution in [3.8, 4) is 0 Å². The molecule has 1 aliphatic heterocycles. The standard InChI is InChI=1S/C17H27NO/c1-3-5-6-7-8-12-17(19)18-14-9-11-16(10-4-2)13-15-18/h3,5-8,16H,1,4,9-15H2,2H3/b6-5-,8-7+. The number of carbonyl (C=O) groups is 1. The molecule has 2 heteroatoms. The number of carbonyl (C=O) groups excluding carboxylic acids is 1. The Morgan fingerprint density at radius 1 is 1.26 bits per heavy atom. The number of hydrogen-bond acceptors (Lipinski definition) is 1. The third-order valence-electron chi connectivity index (χ3n) is 3.68. The number of allylic oxidation sites excluding steroid dienone is 4. The normalized spacial score (nSPS) is 20.9. The molecule has 106 valence electrons. The molecule has 1 fully saturated rings. The third-order valence-corrected chi connectivity index (χ3v) is 3.68. The van der Waals surface area contributed by atoms with Gasteiger partial charge >= 0.3 is 0 Å². The Morgan fingerprint density at radius 2 is 2.11 bits per heavy atom. The zero-order valence-electron chi connectivity index (χ0n) is 12.2. The van der Waals surface area contributed by atoms with Gasteiger partial charge in [-0.3, -0.25) is 4.79 Å². The van der Waals surface area contributed by atoms with Crippen LogP contribution in [0, 0.1) is 5.92 Å². The summed E-state index contributed by atoms with van der Waals surface area (Å²) in [4.78, 5) is 14.1. The lowest BCUT2D eigenvalue weighted by molar-refractivity contribution is -0.130. The highest BCUT2D eigenvalue weighted by Crippen LogP contribution is 2.22. The van der Waals surface area contributed by atoms with E-state index in [1.165, 1.54) is 25.7 Å². The molecule has 0 spiro atoms. The highest BCUT2D eigenvalue weighted by atomic mass is 16.2. The van der Waals surface area contributed by atoms with Crippen LogP contribution in [0.2, 0.25) is 0 Å². The van der Waals surface area contributed by atoms with Gasteiger partial charge in [0.2, 0.25) is 5.91 Å². The largest absolute Gasteiger partial charge is 0.342 e. The summed E-state index contributed by atoms with van der Waals surface area (Å²) >= 11 is 0. The molecule has 1 unspecified atom stereocenters. The summed E-state index contributed by atoms with van der Waals surface area (Å²) in [6, 6.07) is 0. The highest BCUT2D eigenvalue weighted by molar-refractivity contribution is 5.77. The Kier molecular flexibility index (Phi) is 7.95. The Hall–Kier alpha value is -1.31. The smallest absolute Gasteiger partial charge is 0.226 e. The maximum absolute atomic E-state index is 12.1. The van der Waals surface area contributed by atoms with Crippen LogP contribution in [0.25, 0.3) is 0 Å². The van der Waals surface area contributed by atoms with E-state index in [1.54, 1.807) is 6.08 Å². The lowest BCUT2D eigenvalue weighted by atomic mass is 9.96. The molecule has 0 aromatic rings. The van der Waals surface area contributed by atoms with Crippen molar-refractivity contribution in [2.45, 2.75) is 45.4 Å². The van der Waals surface area contributed by atoms with Crippen LogP contribution in [0.3, 0.4) is 0 Å². The molecule has 1 heterocycles. The molecular formula is C17H27NO. The average molecular weight is 261 g/mol. The van der Waals surface area contributed by atoms with Crippen LogP contribution < -0.4 is 0 Å². The molecule has 1 rings (SSSR count). The van der Waals surface area contributed by atoms with Gasteiger partial charge in [-0.2, -0.15) is 0 Å². The van der Waals surface area contributed by atoms with Crippen molar-refractivity contribution < 1.29 is 4.79 Å². The number of likely N-dealkylation sites (tertiary alicyclic amines) is 1. The summed E-state index contributed by atoms with van der Waals surface area (Å²) < 4.78 is 0. The van der Waals surface area contributed by atoms with E-state index >= 15 is 0 Å². The van der Waals surface area contributed by atoms with Crippen LogP contribution in [0.1, 0.15) is 45.4 Å². The van der Waals surface area contributed by atoms with Gasteiger partial charge in [0.15, 0.2) is 0 Å². The molecule has 0 N–H and O–H groups in total. The minimum Gasteiger partial charge on any atom is -0.342 e. The summed E-state index contributed by atoms with van der Waals surface area (Å²) in [5.74, 6) is 1.09. The lowest BCUT2D eigenvalue weighted by Crippen LogP contribution is -2.31. The molecule has 1 saturated heterocycles. The predicted molar refractivity (Wildman–Crippen MR) is 81.9 cm³/mol. The fraction of sp³-hybridized carbons (Fsp3) is 0.588. The van der Waals surface area contributed by atoms with Crippen LogP contribution in [0.5, 0.6) is 0 Å². The molecule has 19 heavy (non-hydrogen) atoms. The van der Waals surface area contributed by atoms with Crippen LogP contribution in [-0.2, 0) is 4.79 Å². The number of rotatable bonds is 6. The van der Waals surface area contributed by atoms with Gasteiger partial charge in [0.25, 0.3) is 0 Å². The molecule has 0 radical (unpaired) electrons. The summed E-state index contributed by atoms with van der Waals surface area (Å²) in [7, 11) is 0. The van der Waals surface area contributed by atoms with E-state index in [4.69, 9.17) is 0 Å². The van der Waals surface area contributed by atoms with E-state index in [9.17, 15) is 4.79 Å². The van der Waals surface area contributed by atoms with E-state index in [2.05, 4.69) is 13.5 Å². The van der Waals surface area contributed by atoms with Gasteiger partial charge < -0.3 is 4.90 Å². The molecule has 1 atom stereocenters. The molecule has 0 aromatic carbocycles. The molecule has 0 aliphatic carbocycles. The SMILES string of the molecule is C=C/C=C\C=C\CC(=O)N1CCCC(CCC)CC1. The summed E-state index contributed by atoms with van der Waals surface area (Å²) in [6.45, 7) is 7.73. The lowest BCUT2D eigenvalue weighted by Gasteiger charge is -2.19. The number of amides is 1. The Labute approximate surface area is 117 Å². The molecule has 1 aliphatic rings. The van der Waals surface area contributed by atoms with Gasteiger partial charge in [-0.1, -0.05) is 56.7 Å². The fourth-order valence-electron chi connectivity index (χ4n) is 2.63. The monoisotopic (exact) mass is 261 g/mol. The fourth-order valence-corrected chi connectivity index (χ4v) is 2.63. The van der Waals surface area contributed by atoms with Crippen molar-refractivity contribution in [1.82, 2.24) is 4.90 Å². The Morgan fingerprint density at radius 3 is 2.84 bits per heavy atom. The summed E-state index contributed by atoms with van der Waals surface area (Å²) in [5, 5.41) is 0. The number of hydrogen-bond donors (Lipinski definition) is 0. The second kappa shape index (κ2) is 9.60. The van der Waals surface area contributed by atoms with E-state index in [0.717, 1.165) is 25.4 Å². The maximum atomic E-state index is 12.1. The Balaban J connectivity index is 2.34. The molecule has 0 saturated carbocycles. The van der Waals surface area contributed by atoms with Crippen LogP contribution in [0.15, 0.2) is 37.0 Å². The van der Waals surface area contributed by atoms with E-state index < -0.39 is 0 Å². The van der Waals surface area contributed by atoms with E-state index in [-0.39, 0.29) is 5.91 Å². The first-order valence-corrected chi connectivity index (χ1v) is 7.50. The minimum absolute atomic E-state index is 0.264. The van der Waals surface area contributed by atoms with Crippen LogP contribution in [0.4, 0.5) is 0 Å². The zero-order chi connectivity index (χ0) is 13.9.